The quantitative estimate of drug-likeness (QED) is 0.387. The molecule has 0 atom stereocenters. The van der Waals surface area contributed by atoms with E-state index in [4.69, 9.17) is 0 Å². The second-order valence-electron chi connectivity index (χ2n) is 14.1. The van der Waals surface area contributed by atoms with Crippen LogP contribution in [0.5, 0.6) is 0 Å². The molecule has 3 saturated carbocycles. The van der Waals surface area contributed by atoms with Crippen LogP contribution < -0.4 is 5.32 Å². The van der Waals surface area contributed by atoms with Gasteiger partial charge in [0.2, 0.25) is 0 Å². The number of benzene rings is 1. The molecule has 3 aliphatic rings. The molecule has 3 fully saturated rings. The van der Waals surface area contributed by atoms with E-state index in [1.807, 2.05) is 0 Å². The molecular weight excluding hydrogens is 484 g/mol. The third kappa shape index (κ3) is 6.12. The maximum atomic E-state index is 13.7. The minimum absolute atomic E-state index is 0.0335. The zero-order valence-corrected chi connectivity index (χ0v) is 24.7. The number of nitrogens with zero attached hydrogens (tertiary/aromatic N) is 1. The molecule has 0 aliphatic heterocycles. The number of nitrogens with one attached hydrogen (secondary N) is 1. The molecule has 0 unspecified atom stereocenters. The smallest absolute Gasteiger partial charge is 0.306 e. The number of rotatable bonds is 7. The molecule has 1 aromatic heterocycles. The minimum Gasteiger partial charge on any atom is -0.481 e. The van der Waals surface area contributed by atoms with E-state index >= 15 is 0 Å². The Morgan fingerprint density at radius 3 is 2.23 bits per heavy atom. The van der Waals surface area contributed by atoms with Gasteiger partial charge in [0.1, 0.15) is 5.69 Å². The Labute approximate surface area is 234 Å². The largest absolute Gasteiger partial charge is 0.481 e. The van der Waals surface area contributed by atoms with E-state index < -0.39 is 5.97 Å². The summed E-state index contributed by atoms with van der Waals surface area (Å²) in [7, 11) is 2.06. The van der Waals surface area contributed by atoms with Crippen molar-refractivity contribution >= 4 is 11.9 Å². The first-order valence-electron chi connectivity index (χ1n) is 15.3. The monoisotopic (exact) mass is 532 g/mol. The van der Waals surface area contributed by atoms with Gasteiger partial charge in [-0.05, 0) is 84.5 Å². The standard InChI is InChI=1S/C34H48N2O3/c1-33(2,3)25-18-24(19-26(20-25)34(4)15-16-34)28-21-30(36(5)29(28)17-22-9-7-6-8-10-22)31(37)35-27-13-11-23(12-14-27)32(38)39/h18-23,27H,6-17H2,1-5H3,(H,35,37)(H,38,39)/t23-,27-. The number of carboxylic acid groups (broad SMARTS) is 1. The van der Waals surface area contributed by atoms with Gasteiger partial charge in [-0.15, -0.1) is 0 Å². The van der Waals surface area contributed by atoms with E-state index in [-0.39, 0.29) is 28.7 Å². The third-order valence-electron chi connectivity index (χ3n) is 10.0. The lowest BCUT2D eigenvalue weighted by Gasteiger charge is -2.27. The van der Waals surface area contributed by atoms with Gasteiger partial charge in [-0.1, -0.05) is 78.0 Å². The number of carbonyl (C=O) groups excluding carboxylic acids is 1. The predicted molar refractivity (Wildman–Crippen MR) is 157 cm³/mol. The lowest BCUT2D eigenvalue weighted by Crippen LogP contribution is -2.39. The molecule has 5 heteroatoms. The van der Waals surface area contributed by atoms with E-state index in [1.54, 1.807) is 0 Å². The highest BCUT2D eigenvalue weighted by Crippen LogP contribution is 2.49. The Kier molecular flexibility index (Phi) is 7.74. The van der Waals surface area contributed by atoms with Gasteiger partial charge in [0.25, 0.3) is 5.91 Å². The van der Waals surface area contributed by atoms with Crippen LogP contribution in [0, 0.1) is 11.8 Å². The van der Waals surface area contributed by atoms with Gasteiger partial charge < -0.3 is 15.0 Å². The van der Waals surface area contributed by atoms with Crippen molar-refractivity contribution in [2.24, 2.45) is 18.9 Å². The molecule has 212 valence electrons. The molecule has 1 aromatic carbocycles. The SMILES string of the molecule is Cn1c(C(=O)N[C@H]2CC[C@H](C(=O)O)CC2)cc(-c2cc(C(C)(C)C)cc(C3(C)CC3)c2)c1CC1CCCCC1. The molecule has 2 N–H and O–H groups in total. The van der Waals surface area contributed by atoms with Crippen molar-refractivity contribution in [2.75, 3.05) is 0 Å². The van der Waals surface area contributed by atoms with Gasteiger partial charge in [-0.2, -0.15) is 0 Å². The fraction of sp³-hybridized carbons (Fsp3) is 0.647. The topological polar surface area (TPSA) is 71.3 Å². The van der Waals surface area contributed by atoms with Crippen molar-refractivity contribution in [2.45, 2.75) is 122 Å². The highest BCUT2D eigenvalue weighted by molar-refractivity contribution is 5.95. The van der Waals surface area contributed by atoms with E-state index in [9.17, 15) is 14.7 Å². The van der Waals surface area contributed by atoms with Gasteiger partial charge in [0, 0.05) is 24.3 Å². The summed E-state index contributed by atoms with van der Waals surface area (Å²) in [5.41, 5.74) is 7.55. The normalized spacial score (nSPS) is 23.4. The first-order valence-corrected chi connectivity index (χ1v) is 15.3. The number of carbonyl (C=O) groups is 2. The van der Waals surface area contributed by atoms with Gasteiger partial charge in [0.05, 0.1) is 5.92 Å². The van der Waals surface area contributed by atoms with Crippen LogP contribution in [0.2, 0.25) is 0 Å². The van der Waals surface area contributed by atoms with Crippen molar-refractivity contribution < 1.29 is 14.7 Å². The summed E-state index contributed by atoms with van der Waals surface area (Å²) in [4.78, 5) is 25.0. The molecule has 0 bridgehead atoms. The van der Waals surface area contributed by atoms with Crippen molar-refractivity contribution in [1.82, 2.24) is 9.88 Å². The Bertz CT molecular complexity index is 1190. The molecule has 0 spiro atoms. The zero-order valence-electron chi connectivity index (χ0n) is 24.7. The summed E-state index contributed by atoms with van der Waals surface area (Å²) < 4.78 is 2.16. The Morgan fingerprint density at radius 2 is 1.64 bits per heavy atom. The van der Waals surface area contributed by atoms with E-state index in [0.29, 0.717) is 18.8 Å². The number of hydrogen-bond acceptors (Lipinski definition) is 2. The van der Waals surface area contributed by atoms with Gasteiger partial charge >= 0.3 is 5.97 Å². The first kappa shape index (κ1) is 28.0. The van der Waals surface area contributed by atoms with Crippen LogP contribution in [0.1, 0.15) is 126 Å². The molecule has 39 heavy (non-hydrogen) atoms. The van der Waals surface area contributed by atoms with Crippen molar-refractivity contribution in [1.29, 1.82) is 0 Å². The summed E-state index contributed by atoms with van der Waals surface area (Å²) in [6, 6.07) is 9.36. The van der Waals surface area contributed by atoms with Crippen LogP contribution in [0.15, 0.2) is 24.3 Å². The van der Waals surface area contributed by atoms with Gasteiger partial charge in [-0.25, -0.2) is 0 Å². The number of amides is 1. The second-order valence-corrected chi connectivity index (χ2v) is 14.1. The number of hydrogen-bond donors (Lipinski definition) is 2. The lowest BCUT2D eigenvalue weighted by atomic mass is 9.81. The summed E-state index contributed by atoms with van der Waals surface area (Å²) in [6.07, 6.45) is 12.7. The van der Waals surface area contributed by atoms with E-state index in [0.717, 1.165) is 25.0 Å². The molecular formula is C34H48N2O3. The summed E-state index contributed by atoms with van der Waals surface area (Å²) >= 11 is 0. The summed E-state index contributed by atoms with van der Waals surface area (Å²) in [5.74, 6) is -0.357. The summed E-state index contributed by atoms with van der Waals surface area (Å²) in [5, 5.41) is 12.6. The average Bonchev–Trinajstić information content (AvgIpc) is 3.58. The van der Waals surface area contributed by atoms with Crippen LogP contribution in [0.4, 0.5) is 0 Å². The highest BCUT2D eigenvalue weighted by atomic mass is 16.4. The molecule has 1 amide bonds. The Hall–Kier alpha value is -2.56. The predicted octanol–water partition coefficient (Wildman–Crippen LogP) is 7.54. The molecule has 2 aromatic rings. The highest BCUT2D eigenvalue weighted by Gasteiger charge is 2.40. The average molecular weight is 533 g/mol. The Morgan fingerprint density at radius 1 is 0.974 bits per heavy atom. The summed E-state index contributed by atoms with van der Waals surface area (Å²) in [6.45, 7) is 9.25. The number of aromatic nitrogens is 1. The molecule has 0 radical (unpaired) electrons. The van der Waals surface area contributed by atoms with Crippen molar-refractivity contribution in [3.63, 3.8) is 0 Å². The fourth-order valence-corrected chi connectivity index (χ4v) is 6.81. The maximum Gasteiger partial charge on any atom is 0.306 e. The fourth-order valence-electron chi connectivity index (χ4n) is 6.81. The van der Waals surface area contributed by atoms with Gasteiger partial charge in [-0.3, -0.25) is 9.59 Å². The van der Waals surface area contributed by atoms with Crippen molar-refractivity contribution in [3.8, 4) is 11.1 Å². The molecule has 5 nitrogen and oxygen atoms in total. The lowest BCUT2D eigenvalue weighted by molar-refractivity contribution is -0.142. The Balaban J connectivity index is 1.50. The zero-order chi connectivity index (χ0) is 27.9. The van der Waals surface area contributed by atoms with E-state index in [2.05, 4.69) is 68.9 Å². The van der Waals surface area contributed by atoms with Crippen LogP contribution in [0.25, 0.3) is 11.1 Å². The van der Waals surface area contributed by atoms with Crippen LogP contribution in [-0.4, -0.2) is 27.6 Å². The molecule has 5 rings (SSSR count). The molecule has 3 aliphatic carbocycles. The molecule has 0 saturated heterocycles. The van der Waals surface area contributed by atoms with Crippen molar-refractivity contribution in [3.05, 3.63) is 46.8 Å². The number of carboxylic acids is 1. The second kappa shape index (κ2) is 10.8. The molecule has 1 heterocycles. The third-order valence-corrected chi connectivity index (χ3v) is 10.0. The maximum absolute atomic E-state index is 13.7. The van der Waals surface area contributed by atoms with Gasteiger partial charge in [0.15, 0.2) is 0 Å². The van der Waals surface area contributed by atoms with Crippen LogP contribution in [0.3, 0.4) is 0 Å². The first-order chi connectivity index (χ1) is 18.4. The van der Waals surface area contributed by atoms with Crippen LogP contribution in [-0.2, 0) is 29.1 Å². The minimum atomic E-state index is -0.712. The van der Waals surface area contributed by atoms with Crippen LogP contribution >= 0.6 is 0 Å². The number of aliphatic carboxylic acids is 1. The van der Waals surface area contributed by atoms with E-state index in [1.165, 1.54) is 72.9 Å².